The van der Waals surface area contributed by atoms with Crippen LogP contribution in [0.25, 0.3) is 44.3 Å². The smallest absolute Gasteiger partial charge is 0.190 e. The molecule has 0 amide bonds. The Morgan fingerprint density at radius 3 is 1.50 bits per heavy atom. The van der Waals surface area contributed by atoms with Crippen LogP contribution < -0.4 is 10.9 Å². The van der Waals surface area contributed by atoms with Crippen molar-refractivity contribution in [3.8, 4) is 22.5 Å². The Labute approximate surface area is 158 Å². The molecule has 0 saturated carbocycles. The van der Waals surface area contributed by atoms with E-state index in [0.717, 1.165) is 11.1 Å². The fourth-order valence-electron chi connectivity index (χ4n) is 3.35. The first-order valence-electron chi connectivity index (χ1n) is 8.74. The molecule has 0 aliphatic heterocycles. The summed E-state index contributed by atoms with van der Waals surface area (Å²) in [5.74, 6) is 0. The van der Waals surface area contributed by atoms with Gasteiger partial charge < -0.3 is 9.97 Å². The van der Waals surface area contributed by atoms with Crippen LogP contribution in [0.1, 0.15) is 0 Å². The lowest BCUT2D eigenvalue weighted by Gasteiger charge is -2.08. The molecule has 0 aliphatic carbocycles. The van der Waals surface area contributed by atoms with Crippen molar-refractivity contribution in [2.75, 3.05) is 0 Å². The Kier molecular flexibility index (Phi) is 3.62. The zero-order chi connectivity index (χ0) is 19.1. The highest BCUT2D eigenvalue weighted by molar-refractivity contribution is 5.96. The molecule has 0 unspecified atom stereocenters. The second-order valence-corrected chi connectivity index (χ2v) is 6.52. The van der Waals surface area contributed by atoms with Crippen molar-refractivity contribution in [1.82, 2.24) is 19.9 Å². The van der Waals surface area contributed by atoms with Gasteiger partial charge in [-0.15, -0.1) is 0 Å². The number of nitrogens with one attached hydrogen (secondary N) is 2. The Bertz CT molecular complexity index is 1330. The lowest BCUT2D eigenvalue weighted by atomic mass is 10.1. The van der Waals surface area contributed by atoms with Crippen molar-refractivity contribution in [3.63, 3.8) is 0 Å². The molecule has 0 radical (unpaired) electrons. The first kappa shape index (κ1) is 16.1. The van der Waals surface area contributed by atoms with Gasteiger partial charge in [-0.3, -0.25) is 19.6 Å². The zero-order valence-electron chi connectivity index (χ0n) is 14.6. The highest BCUT2D eigenvalue weighted by Gasteiger charge is 2.10. The quantitative estimate of drug-likeness (QED) is 0.468. The van der Waals surface area contributed by atoms with Gasteiger partial charge in [0.15, 0.2) is 10.9 Å². The normalized spacial score (nSPS) is 11.1. The van der Waals surface area contributed by atoms with Crippen molar-refractivity contribution in [3.05, 3.63) is 93.8 Å². The van der Waals surface area contributed by atoms with Crippen molar-refractivity contribution >= 4 is 21.8 Å². The predicted molar refractivity (Wildman–Crippen MR) is 109 cm³/mol. The maximum absolute atomic E-state index is 12.7. The summed E-state index contributed by atoms with van der Waals surface area (Å²) in [6, 6.07) is 13.9. The van der Waals surface area contributed by atoms with Gasteiger partial charge >= 0.3 is 0 Å². The number of fused-ring (bicyclic) bond motifs is 2. The average molecular weight is 366 g/mol. The fourth-order valence-corrected chi connectivity index (χ4v) is 3.35. The van der Waals surface area contributed by atoms with E-state index in [1.54, 1.807) is 49.1 Å². The summed E-state index contributed by atoms with van der Waals surface area (Å²) in [6.45, 7) is 0. The molecule has 134 valence electrons. The largest absolute Gasteiger partial charge is 0.354 e. The molecule has 5 aromatic rings. The Hall–Kier alpha value is -4.06. The van der Waals surface area contributed by atoms with E-state index in [2.05, 4.69) is 19.9 Å². The first-order chi connectivity index (χ1) is 13.7. The third kappa shape index (κ3) is 2.68. The van der Waals surface area contributed by atoms with Gasteiger partial charge in [0.25, 0.3) is 0 Å². The molecule has 0 bridgehead atoms. The zero-order valence-corrected chi connectivity index (χ0v) is 14.6. The maximum Gasteiger partial charge on any atom is 0.190 e. The molecule has 6 nitrogen and oxygen atoms in total. The standard InChI is InChI=1S/C22H14N4O2/c27-21-9-17(13-3-1-5-23-11-13)25-19-7-16-20(8-15(19)21)26-18(10-22(16)28)14-4-2-6-24-12-14/h1-12H,(H,25,27)(H,26,28). The van der Waals surface area contributed by atoms with Gasteiger partial charge in [0.1, 0.15) is 0 Å². The second-order valence-electron chi connectivity index (χ2n) is 6.52. The summed E-state index contributed by atoms with van der Waals surface area (Å²) in [4.78, 5) is 40.1. The van der Waals surface area contributed by atoms with Crippen molar-refractivity contribution in [2.24, 2.45) is 0 Å². The lowest BCUT2D eigenvalue weighted by molar-refractivity contribution is 1.29. The number of rotatable bonds is 2. The van der Waals surface area contributed by atoms with E-state index in [1.807, 2.05) is 24.3 Å². The summed E-state index contributed by atoms with van der Waals surface area (Å²) >= 11 is 0. The number of aromatic nitrogens is 4. The molecule has 0 fully saturated rings. The number of hydrogen-bond acceptors (Lipinski definition) is 4. The highest BCUT2D eigenvalue weighted by atomic mass is 16.1. The molecule has 0 atom stereocenters. The van der Waals surface area contributed by atoms with Crippen LogP contribution in [0.3, 0.4) is 0 Å². The molecule has 1 aromatic carbocycles. The molecule has 0 spiro atoms. The number of aromatic amines is 2. The average Bonchev–Trinajstić information content (AvgIpc) is 2.74. The Morgan fingerprint density at radius 1 is 0.643 bits per heavy atom. The van der Waals surface area contributed by atoms with Gasteiger partial charge in [0.05, 0.1) is 22.4 Å². The van der Waals surface area contributed by atoms with Crippen molar-refractivity contribution in [1.29, 1.82) is 0 Å². The molecular weight excluding hydrogens is 352 g/mol. The van der Waals surface area contributed by atoms with Gasteiger partial charge in [-0.05, 0) is 36.4 Å². The van der Waals surface area contributed by atoms with E-state index in [-0.39, 0.29) is 10.9 Å². The molecule has 4 heterocycles. The monoisotopic (exact) mass is 366 g/mol. The van der Waals surface area contributed by atoms with Crippen LogP contribution in [-0.4, -0.2) is 19.9 Å². The van der Waals surface area contributed by atoms with Crippen LogP contribution in [0, 0.1) is 0 Å². The first-order valence-corrected chi connectivity index (χ1v) is 8.74. The minimum Gasteiger partial charge on any atom is -0.354 e. The molecule has 0 aliphatic rings. The summed E-state index contributed by atoms with van der Waals surface area (Å²) in [5, 5.41) is 1.03. The summed E-state index contributed by atoms with van der Waals surface area (Å²) in [5.41, 5.74) is 3.91. The third-order valence-corrected chi connectivity index (χ3v) is 4.72. The van der Waals surface area contributed by atoms with Gasteiger partial charge in [-0.25, -0.2) is 0 Å². The van der Waals surface area contributed by atoms with E-state index < -0.39 is 0 Å². The van der Waals surface area contributed by atoms with Gasteiger partial charge in [-0.2, -0.15) is 0 Å². The van der Waals surface area contributed by atoms with Crippen LogP contribution in [-0.2, 0) is 0 Å². The topological polar surface area (TPSA) is 91.5 Å². The summed E-state index contributed by atoms with van der Waals surface area (Å²) in [6.07, 6.45) is 6.72. The summed E-state index contributed by atoms with van der Waals surface area (Å²) in [7, 11) is 0. The van der Waals surface area contributed by atoms with E-state index in [4.69, 9.17) is 0 Å². The van der Waals surface area contributed by atoms with E-state index in [1.165, 1.54) is 0 Å². The van der Waals surface area contributed by atoms with Gasteiger partial charge in [0, 0.05) is 58.8 Å². The Balaban J connectivity index is 1.76. The van der Waals surface area contributed by atoms with Crippen LogP contribution in [0.5, 0.6) is 0 Å². The number of pyridine rings is 4. The molecule has 28 heavy (non-hydrogen) atoms. The van der Waals surface area contributed by atoms with Crippen LogP contribution >= 0.6 is 0 Å². The fraction of sp³-hybridized carbons (Fsp3) is 0. The van der Waals surface area contributed by atoms with Crippen LogP contribution in [0.2, 0.25) is 0 Å². The SMILES string of the molecule is O=c1cc(-c2cccnc2)[nH]c2cc3c(=O)cc(-c4cccnc4)[nH]c3cc12. The van der Waals surface area contributed by atoms with Crippen LogP contribution in [0.4, 0.5) is 0 Å². The van der Waals surface area contributed by atoms with Gasteiger partial charge in [0.2, 0.25) is 0 Å². The molecule has 0 saturated heterocycles. The molecule has 6 heteroatoms. The molecule has 2 N–H and O–H groups in total. The number of benzene rings is 1. The number of hydrogen-bond donors (Lipinski definition) is 2. The van der Waals surface area contributed by atoms with Crippen molar-refractivity contribution in [2.45, 2.75) is 0 Å². The molecule has 4 aromatic heterocycles. The van der Waals surface area contributed by atoms with Crippen molar-refractivity contribution < 1.29 is 0 Å². The summed E-state index contributed by atoms with van der Waals surface area (Å²) < 4.78 is 0. The van der Waals surface area contributed by atoms with E-state index in [9.17, 15) is 9.59 Å². The highest BCUT2D eigenvalue weighted by Crippen LogP contribution is 2.22. The maximum atomic E-state index is 12.7. The lowest BCUT2D eigenvalue weighted by Crippen LogP contribution is -2.07. The van der Waals surface area contributed by atoms with E-state index in [0.29, 0.717) is 33.2 Å². The minimum absolute atomic E-state index is 0.123. The van der Waals surface area contributed by atoms with E-state index >= 15 is 0 Å². The van der Waals surface area contributed by atoms with Gasteiger partial charge in [-0.1, -0.05) is 0 Å². The number of H-pyrrole nitrogens is 2. The third-order valence-electron chi connectivity index (χ3n) is 4.72. The Morgan fingerprint density at radius 2 is 1.11 bits per heavy atom. The number of nitrogens with zero attached hydrogens (tertiary/aromatic N) is 2. The van der Waals surface area contributed by atoms with Crippen LogP contribution in [0.15, 0.2) is 82.9 Å². The molecule has 5 rings (SSSR count). The molecular formula is C22H14N4O2. The minimum atomic E-state index is -0.123. The second kappa shape index (κ2) is 6.28. The predicted octanol–water partition coefficient (Wildman–Crippen LogP) is 3.49.